The van der Waals surface area contributed by atoms with Crippen molar-refractivity contribution in [3.8, 4) is 0 Å². The van der Waals surface area contributed by atoms with Crippen LogP contribution in [-0.4, -0.2) is 24.4 Å². The van der Waals surface area contributed by atoms with E-state index in [-0.39, 0.29) is 24.3 Å². The van der Waals surface area contributed by atoms with Crippen molar-refractivity contribution in [2.24, 2.45) is 5.92 Å². The van der Waals surface area contributed by atoms with Gasteiger partial charge in [-0.2, -0.15) is 0 Å². The minimum atomic E-state index is -0.626. The standard InChI is InChI=1S/C13H14BrFN2O2/c1-7(2)12-13(19)16-6-11(18)17(12)10-5-8(15)3-4-9(10)14/h3-5,7,12H,6H2,1-2H3,(H,16,19). The Labute approximate surface area is 119 Å². The zero-order chi connectivity index (χ0) is 14.2. The maximum Gasteiger partial charge on any atom is 0.247 e. The third-order valence-electron chi connectivity index (χ3n) is 3.03. The first-order chi connectivity index (χ1) is 8.91. The molecule has 0 spiro atoms. The summed E-state index contributed by atoms with van der Waals surface area (Å²) in [7, 11) is 0. The molecular weight excluding hydrogens is 315 g/mol. The number of nitrogens with one attached hydrogen (secondary N) is 1. The number of carbonyl (C=O) groups is 2. The van der Waals surface area contributed by atoms with Crippen molar-refractivity contribution in [2.45, 2.75) is 19.9 Å². The summed E-state index contributed by atoms with van der Waals surface area (Å²) in [6.07, 6.45) is 0. The fourth-order valence-electron chi connectivity index (χ4n) is 2.18. The summed E-state index contributed by atoms with van der Waals surface area (Å²) in [4.78, 5) is 25.4. The van der Waals surface area contributed by atoms with E-state index in [1.807, 2.05) is 13.8 Å². The molecule has 0 aliphatic carbocycles. The molecule has 1 atom stereocenters. The molecule has 6 heteroatoms. The van der Waals surface area contributed by atoms with E-state index in [9.17, 15) is 14.0 Å². The van der Waals surface area contributed by atoms with Crippen LogP contribution < -0.4 is 10.2 Å². The van der Waals surface area contributed by atoms with Gasteiger partial charge in [0.25, 0.3) is 0 Å². The summed E-state index contributed by atoms with van der Waals surface area (Å²) in [6.45, 7) is 3.64. The van der Waals surface area contributed by atoms with Gasteiger partial charge in [-0.3, -0.25) is 14.5 Å². The number of benzene rings is 1. The summed E-state index contributed by atoms with van der Waals surface area (Å²) in [5.74, 6) is -0.978. The largest absolute Gasteiger partial charge is 0.345 e. The van der Waals surface area contributed by atoms with E-state index in [4.69, 9.17) is 0 Å². The van der Waals surface area contributed by atoms with E-state index in [1.54, 1.807) is 0 Å². The molecule has 0 saturated carbocycles. The van der Waals surface area contributed by atoms with Crippen LogP contribution >= 0.6 is 15.9 Å². The summed E-state index contributed by atoms with van der Waals surface area (Å²) in [6, 6.07) is 3.46. The van der Waals surface area contributed by atoms with Gasteiger partial charge in [0.05, 0.1) is 12.2 Å². The summed E-state index contributed by atoms with van der Waals surface area (Å²) >= 11 is 3.30. The second-order valence-corrected chi connectivity index (χ2v) is 5.62. The van der Waals surface area contributed by atoms with Gasteiger partial charge in [-0.1, -0.05) is 13.8 Å². The van der Waals surface area contributed by atoms with Crippen LogP contribution in [0.2, 0.25) is 0 Å². The number of anilines is 1. The fraction of sp³-hybridized carbons (Fsp3) is 0.385. The van der Waals surface area contributed by atoms with E-state index in [0.29, 0.717) is 10.2 Å². The quantitative estimate of drug-likeness (QED) is 0.903. The van der Waals surface area contributed by atoms with Gasteiger partial charge in [-0.25, -0.2) is 4.39 Å². The first-order valence-electron chi connectivity index (χ1n) is 5.96. The highest BCUT2D eigenvalue weighted by atomic mass is 79.9. The van der Waals surface area contributed by atoms with Gasteiger partial charge >= 0.3 is 0 Å². The van der Waals surface area contributed by atoms with Crippen LogP contribution in [-0.2, 0) is 9.59 Å². The maximum absolute atomic E-state index is 13.4. The van der Waals surface area contributed by atoms with Crippen molar-refractivity contribution in [1.82, 2.24) is 5.32 Å². The van der Waals surface area contributed by atoms with Gasteiger partial charge in [-0.15, -0.1) is 0 Å². The topological polar surface area (TPSA) is 49.4 Å². The van der Waals surface area contributed by atoms with Gasteiger partial charge in [-0.05, 0) is 40.0 Å². The number of hydrogen-bond acceptors (Lipinski definition) is 2. The number of carbonyl (C=O) groups excluding carboxylic acids is 2. The van der Waals surface area contributed by atoms with Crippen molar-refractivity contribution in [2.75, 3.05) is 11.4 Å². The lowest BCUT2D eigenvalue weighted by Gasteiger charge is -2.37. The van der Waals surface area contributed by atoms with E-state index < -0.39 is 11.9 Å². The van der Waals surface area contributed by atoms with Crippen LogP contribution in [0.3, 0.4) is 0 Å². The highest BCUT2D eigenvalue weighted by Gasteiger charge is 2.38. The summed E-state index contributed by atoms with van der Waals surface area (Å²) < 4.78 is 14.0. The number of hydrogen-bond donors (Lipinski definition) is 1. The predicted molar refractivity (Wildman–Crippen MR) is 73.2 cm³/mol. The normalized spacial score (nSPS) is 19.8. The van der Waals surface area contributed by atoms with Crippen molar-refractivity contribution >= 4 is 33.4 Å². The smallest absolute Gasteiger partial charge is 0.247 e. The number of nitrogens with zero attached hydrogens (tertiary/aromatic N) is 1. The van der Waals surface area contributed by atoms with Gasteiger partial charge in [0, 0.05) is 4.47 Å². The highest BCUT2D eigenvalue weighted by Crippen LogP contribution is 2.31. The molecule has 1 unspecified atom stereocenters. The third kappa shape index (κ3) is 2.63. The zero-order valence-electron chi connectivity index (χ0n) is 10.6. The lowest BCUT2D eigenvalue weighted by molar-refractivity contribution is -0.131. The second-order valence-electron chi connectivity index (χ2n) is 4.77. The molecule has 1 heterocycles. The molecule has 4 nitrogen and oxygen atoms in total. The highest BCUT2D eigenvalue weighted by molar-refractivity contribution is 9.10. The molecule has 1 fully saturated rings. The fourth-order valence-corrected chi connectivity index (χ4v) is 2.62. The number of amides is 2. The molecule has 1 aliphatic rings. The van der Waals surface area contributed by atoms with Crippen molar-refractivity contribution in [3.63, 3.8) is 0 Å². The Bertz CT molecular complexity index is 533. The summed E-state index contributed by atoms with van der Waals surface area (Å²) in [5.41, 5.74) is 0.388. The average molecular weight is 329 g/mol. The van der Waals surface area contributed by atoms with E-state index in [0.717, 1.165) is 0 Å². The molecular formula is C13H14BrFN2O2. The second kappa shape index (κ2) is 5.28. The first-order valence-corrected chi connectivity index (χ1v) is 6.76. The van der Waals surface area contributed by atoms with Gasteiger partial charge < -0.3 is 5.32 Å². The van der Waals surface area contributed by atoms with Crippen molar-refractivity contribution in [3.05, 3.63) is 28.5 Å². The zero-order valence-corrected chi connectivity index (χ0v) is 12.2. The Hall–Kier alpha value is -1.43. The molecule has 1 aromatic carbocycles. The molecule has 2 amide bonds. The molecule has 1 saturated heterocycles. The van der Waals surface area contributed by atoms with Crippen molar-refractivity contribution < 1.29 is 14.0 Å². The Morgan fingerprint density at radius 2 is 2.11 bits per heavy atom. The molecule has 19 heavy (non-hydrogen) atoms. The van der Waals surface area contributed by atoms with Crippen LogP contribution in [0.4, 0.5) is 10.1 Å². The summed E-state index contributed by atoms with van der Waals surface area (Å²) in [5, 5.41) is 2.56. The van der Waals surface area contributed by atoms with Crippen LogP contribution in [0.25, 0.3) is 0 Å². The first kappa shape index (κ1) is 14.0. The molecule has 0 aromatic heterocycles. The third-order valence-corrected chi connectivity index (χ3v) is 3.70. The molecule has 102 valence electrons. The van der Waals surface area contributed by atoms with E-state index >= 15 is 0 Å². The van der Waals surface area contributed by atoms with E-state index in [2.05, 4.69) is 21.2 Å². The van der Waals surface area contributed by atoms with E-state index in [1.165, 1.54) is 23.1 Å². The minimum Gasteiger partial charge on any atom is -0.345 e. The lowest BCUT2D eigenvalue weighted by atomic mass is 9.98. The molecule has 0 radical (unpaired) electrons. The van der Waals surface area contributed by atoms with Crippen LogP contribution in [0.15, 0.2) is 22.7 Å². The number of rotatable bonds is 2. The van der Waals surface area contributed by atoms with Crippen LogP contribution in [0, 0.1) is 11.7 Å². The Balaban J connectivity index is 2.51. The monoisotopic (exact) mass is 328 g/mol. The Kier molecular flexibility index (Phi) is 3.89. The Morgan fingerprint density at radius 1 is 1.42 bits per heavy atom. The SMILES string of the molecule is CC(C)C1C(=O)NCC(=O)N1c1cc(F)ccc1Br. The predicted octanol–water partition coefficient (Wildman–Crippen LogP) is 2.08. The molecule has 1 N–H and O–H groups in total. The van der Waals surface area contributed by atoms with Gasteiger partial charge in [0.15, 0.2) is 0 Å². The lowest BCUT2D eigenvalue weighted by Crippen LogP contribution is -2.60. The van der Waals surface area contributed by atoms with Gasteiger partial charge in [0.1, 0.15) is 11.9 Å². The minimum absolute atomic E-state index is 0.0645. The van der Waals surface area contributed by atoms with Crippen LogP contribution in [0.5, 0.6) is 0 Å². The number of halogens is 2. The van der Waals surface area contributed by atoms with Gasteiger partial charge in [0.2, 0.25) is 11.8 Å². The maximum atomic E-state index is 13.4. The Morgan fingerprint density at radius 3 is 2.74 bits per heavy atom. The number of piperazine rings is 1. The average Bonchev–Trinajstić information content (AvgIpc) is 2.34. The molecule has 2 rings (SSSR count). The van der Waals surface area contributed by atoms with Crippen LogP contribution in [0.1, 0.15) is 13.8 Å². The molecule has 1 aliphatic heterocycles. The van der Waals surface area contributed by atoms with Crippen molar-refractivity contribution in [1.29, 1.82) is 0 Å². The molecule has 1 aromatic rings. The molecule has 0 bridgehead atoms.